The first-order chi connectivity index (χ1) is 26.0. The second-order valence-corrected chi connectivity index (χ2v) is 17.8. The molecule has 1 aromatic carbocycles. The van der Waals surface area contributed by atoms with Gasteiger partial charge in [0.1, 0.15) is 34.9 Å². The fourth-order valence-corrected chi connectivity index (χ4v) is 6.28. The lowest BCUT2D eigenvalue weighted by atomic mass is 9.81. The number of nitrogens with one attached hydrogen (secondary N) is 4. The number of benzene rings is 1. The number of hydrogen-bond acceptors (Lipinski definition) is 10. The highest BCUT2D eigenvalue weighted by atomic mass is 16.6. The van der Waals surface area contributed by atoms with Gasteiger partial charge < -0.3 is 41.2 Å². The van der Waals surface area contributed by atoms with E-state index < -0.39 is 58.9 Å². The molecule has 2 rings (SSSR count). The number of carbonyl (C=O) groups is 6. The van der Waals surface area contributed by atoms with Crippen LogP contribution in [0.2, 0.25) is 0 Å². The number of esters is 3. The maximum absolute atomic E-state index is 13.5. The van der Waals surface area contributed by atoms with Crippen LogP contribution in [0.25, 0.3) is 0 Å². The molecule has 0 radical (unpaired) electrons. The van der Waals surface area contributed by atoms with Gasteiger partial charge in [-0.15, -0.1) is 0 Å². The Balaban J connectivity index is 2.08. The molecule has 14 nitrogen and oxygen atoms in total. The number of aryl methyl sites for hydroxylation is 1. The van der Waals surface area contributed by atoms with Gasteiger partial charge in [-0.2, -0.15) is 0 Å². The Morgan fingerprint density at radius 3 is 1.77 bits per heavy atom. The third-order valence-electron chi connectivity index (χ3n) is 9.14. The third kappa shape index (κ3) is 19.1. The monoisotopic (exact) mass is 788 g/mol. The standard InChI is InChI=1S/C42H69N5O9/c1-27-15-11-12-16-30(27)25-33(45-35(49)29-20-18-28(26-43)19-21-29)36(50)44-24-14-13-17-31(37(51)55-41(5,6)7)46-39(53)47-32(38(52)56-42(8,9)10)22-23-34(48)54-40(2,3)4/h11-12,15-16,28-29,31-33H,13-14,17-26,43H2,1-10H3,(H,44,50)(H,45,49)(H2,46,47,53)/t28?,29?,31-,32-,33-/m0/s1. The average molecular weight is 788 g/mol. The van der Waals surface area contributed by atoms with Gasteiger partial charge in [-0.1, -0.05) is 24.3 Å². The summed E-state index contributed by atoms with van der Waals surface area (Å²) in [6, 6.07) is 3.87. The molecule has 1 aliphatic carbocycles. The Kier molecular flexibility index (Phi) is 18.8. The van der Waals surface area contributed by atoms with Crippen LogP contribution in [0.5, 0.6) is 0 Å². The van der Waals surface area contributed by atoms with Gasteiger partial charge in [0.2, 0.25) is 11.8 Å². The van der Waals surface area contributed by atoms with Crippen LogP contribution >= 0.6 is 0 Å². The summed E-state index contributed by atoms with van der Waals surface area (Å²) < 4.78 is 16.4. The molecule has 0 aliphatic heterocycles. The molecule has 0 heterocycles. The summed E-state index contributed by atoms with van der Waals surface area (Å²) in [5.74, 6) is -2.12. The van der Waals surface area contributed by atoms with Crippen molar-refractivity contribution < 1.29 is 43.0 Å². The van der Waals surface area contributed by atoms with Crippen LogP contribution in [0, 0.1) is 18.8 Å². The number of urea groups is 1. The molecule has 3 atom stereocenters. The molecule has 316 valence electrons. The Morgan fingerprint density at radius 2 is 1.25 bits per heavy atom. The van der Waals surface area contributed by atoms with Crippen LogP contribution in [0.1, 0.15) is 131 Å². The fourth-order valence-electron chi connectivity index (χ4n) is 6.28. The molecule has 0 unspecified atom stereocenters. The number of nitrogens with two attached hydrogens (primary N) is 1. The minimum absolute atomic E-state index is 0.0885. The smallest absolute Gasteiger partial charge is 0.329 e. The first-order valence-corrected chi connectivity index (χ1v) is 20.0. The van der Waals surface area contributed by atoms with Crippen LogP contribution in [0.3, 0.4) is 0 Å². The van der Waals surface area contributed by atoms with E-state index in [0.717, 1.165) is 36.8 Å². The predicted molar refractivity (Wildman–Crippen MR) is 214 cm³/mol. The molecule has 1 saturated carbocycles. The molecule has 0 bridgehead atoms. The van der Waals surface area contributed by atoms with Crippen molar-refractivity contribution in [3.63, 3.8) is 0 Å². The first-order valence-electron chi connectivity index (χ1n) is 20.0. The summed E-state index contributed by atoms with van der Waals surface area (Å²) in [6.07, 6.45) is 4.40. The van der Waals surface area contributed by atoms with Crippen LogP contribution in [0.4, 0.5) is 4.79 Å². The molecule has 14 heteroatoms. The third-order valence-corrected chi connectivity index (χ3v) is 9.14. The van der Waals surface area contributed by atoms with E-state index in [-0.39, 0.29) is 43.5 Å². The predicted octanol–water partition coefficient (Wildman–Crippen LogP) is 4.92. The van der Waals surface area contributed by atoms with E-state index in [4.69, 9.17) is 19.9 Å². The Labute approximate surface area is 333 Å². The molecular weight excluding hydrogens is 718 g/mol. The molecule has 0 aromatic heterocycles. The SMILES string of the molecule is Cc1ccccc1C[C@H](NC(=O)C1CCC(CN)CC1)C(=O)NCCCC[C@H](NC(=O)N[C@@H](CCC(=O)OC(C)(C)C)C(=O)OC(C)(C)C)C(=O)OC(C)(C)C. The van der Waals surface area contributed by atoms with E-state index in [0.29, 0.717) is 31.7 Å². The molecule has 1 aromatic rings. The van der Waals surface area contributed by atoms with Crippen molar-refractivity contribution >= 4 is 35.8 Å². The summed E-state index contributed by atoms with van der Waals surface area (Å²) in [5.41, 5.74) is 5.40. The highest BCUT2D eigenvalue weighted by Gasteiger charge is 2.32. The molecule has 56 heavy (non-hydrogen) atoms. The lowest BCUT2D eigenvalue weighted by molar-refractivity contribution is -0.159. The summed E-state index contributed by atoms with van der Waals surface area (Å²) in [5, 5.41) is 11.2. The molecular formula is C42H69N5O9. The van der Waals surface area contributed by atoms with E-state index in [1.54, 1.807) is 62.3 Å². The maximum Gasteiger partial charge on any atom is 0.329 e. The van der Waals surface area contributed by atoms with E-state index in [1.807, 2.05) is 31.2 Å². The van der Waals surface area contributed by atoms with Crippen LogP contribution in [-0.4, -0.2) is 83.8 Å². The quantitative estimate of drug-likeness (QED) is 0.0772. The zero-order chi connectivity index (χ0) is 42.3. The average Bonchev–Trinajstić information content (AvgIpc) is 3.07. The van der Waals surface area contributed by atoms with E-state index in [1.165, 1.54) is 0 Å². The van der Waals surface area contributed by atoms with Crippen molar-refractivity contribution in [2.75, 3.05) is 13.1 Å². The van der Waals surface area contributed by atoms with Gasteiger partial charge in [0.15, 0.2) is 0 Å². The summed E-state index contributed by atoms with van der Waals surface area (Å²) in [4.78, 5) is 78.9. The van der Waals surface area contributed by atoms with Crippen molar-refractivity contribution in [1.29, 1.82) is 0 Å². The maximum atomic E-state index is 13.5. The molecule has 1 aliphatic rings. The number of ether oxygens (including phenoxy) is 3. The topological polar surface area (TPSA) is 204 Å². The number of carbonyl (C=O) groups excluding carboxylic acids is 6. The second-order valence-electron chi connectivity index (χ2n) is 17.8. The summed E-state index contributed by atoms with van der Waals surface area (Å²) in [6.45, 7) is 18.2. The van der Waals surface area contributed by atoms with Gasteiger partial charge in [-0.3, -0.25) is 14.4 Å². The van der Waals surface area contributed by atoms with Gasteiger partial charge in [-0.05, 0) is 144 Å². The highest BCUT2D eigenvalue weighted by Crippen LogP contribution is 2.28. The van der Waals surface area contributed by atoms with Crippen LogP contribution in [0.15, 0.2) is 24.3 Å². The van der Waals surface area contributed by atoms with Gasteiger partial charge in [0.25, 0.3) is 0 Å². The lowest BCUT2D eigenvalue weighted by Crippen LogP contribution is -2.53. The van der Waals surface area contributed by atoms with Crippen molar-refractivity contribution in [3.8, 4) is 0 Å². The normalized spacial score (nSPS) is 17.7. The zero-order valence-corrected chi connectivity index (χ0v) is 35.4. The number of amides is 4. The largest absolute Gasteiger partial charge is 0.460 e. The second kappa shape index (κ2) is 21.9. The van der Waals surface area contributed by atoms with Crippen molar-refractivity contribution in [1.82, 2.24) is 21.3 Å². The van der Waals surface area contributed by atoms with Crippen molar-refractivity contribution in [2.45, 2.75) is 168 Å². The van der Waals surface area contributed by atoms with Crippen molar-refractivity contribution in [3.05, 3.63) is 35.4 Å². The summed E-state index contributed by atoms with van der Waals surface area (Å²) >= 11 is 0. The van der Waals surface area contributed by atoms with Crippen LogP contribution in [-0.2, 0) is 44.6 Å². The van der Waals surface area contributed by atoms with Crippen LogP contribution < -0.4 is 27.0 Å². The lowest BCUT2D eigenvalue weighted by Gasteiger charge is -2.28. The van der Waals surface area contributed by atoms with Gasteiger partial charge in [0, 0.05) is 25.3 Å². The van der Waals surface area contributed by atoms with E-state index in [2.05, 4.69) is 21.3 Å². The minimum Gasteiger partial charge on any atom is -0.460 e. The molecule has 0 spiro atoms. The van der Waals surface area contributed by atoms with E-state index in [9.17, 15) is 28.8 Å². The van der Waals surface area contributed by atoms with Gasteiger partial charge in [-0.25, -0.2) is 14.4 Å². The fraction of sp³-hybridized carbons (Fsp3) is 0.714. The van der Waals surface area contributed by atoms with E-state index >= 15 is 0 Å². The number of unbranched alkanes of at least 4 members (excludes halogenated alkanes) is 1. The Bertz CT molecular complexity index is 1470. The van der Waals surface area contributed by atoms with Crippen molar-refractivity contribution in [2.24, 2.45) is 17.6 Å². The summed E-state index contributed by atoms with van der Waals surface area (Å²) in [7, 11) is 0. The Hall–Kier alpha value is -4.20. The first kappa shape index (κ1) is 48.0. The molecule has 0 saturated heterocycles. The highest BCUT2D eigenvalue weighted by molar-refractivity contribution is 5.89. The molecule has 4 amide bonds. The number of rotatable bonds is 18. The number of hydrogen-bond donors (Lipinski definition) is 5. The minimum atomic E-state index is -1.20. The molecule has 1 fully saturated rings. The van der Waals surface area contributed by atoms with Gasteiger partial charge >= 0.3 is 23.9 Å². The zero-order valence-electron chi connectivity index (χ0n) is 35.4. The Morgan fingerprint density at radius 1 is 0.714 bits per heavy atom. The van der Waals surface area contributed by atoms with Gasteiger partial charge in [0.05, 0.1) is 0 Å². The molecule has 6 N–H and O–H groups in total.